The van der Waals surface area contributed by atoms with Gasteiger partial charge in [-0.25, -0.2) is 8.78 Å². The van der Waals surface area contributed by atoms with Gasteiger partial charge in [-0.05, 0) is 18.6 Å². The minimum atomic E-state index is -0.728. The lowest BCUT2D eigenvalue weighted by Crippen LogP contribution is -2.46. The van der Waals surface area contributed by atoms with Gasteiger partial charge >= 0.3 is 0 Å². The van der Waals surface area contributed by atoms with E-state index >= 15 is 0 Å². The number of nitrogens with one attached hydrogen (secondary N) is 2. The Morgan fingerprint density at radius 3 is 2.92 bits per heavy atom. The number of halogens is 2. The maximum atomic E-state index is 13.5. The molecule has 1 aromatic carbocycles. The molecular formula is C17H24F2N4O2. The molecule has 0 aliphatic carbocycles. The fraction of sp³-hybridized carbons (Fsp3) is 0.529. The summed E-state index contributed by atoms with van der Waals surface area (Å²) in [6, 6.07) is 3.34. The van der Waals surface area contributed by atoms with E-state index in [0.717, 1.165) is 25.1 Å². The number of carbonyl (C=O) groups excluding carboxylic acids is 1. The van der Waals surface area contributed by atoms with Crippen LogP contribution in [0.2, 0.25) is 0 Å². The molecule has 25 heavy (non-hydrogen) atoms. The van der Waals surface area contributed by atoms with Crippen LogP contribution in [0.3, 0.4) is 0 Å². The van der Waals surface area contributed by atoms with Gasteiger partial charge < -0.3 is 20.3 Å². The Morgan fingerprint density at radius 2 is 2.24 bits per heavy atom. The lowest BCUT2D eigenvalue weighted by Gasteiger charge is -2.18. The molecule has 1 aliphatic rings. The summed E-state index contributed by atoms with van der Waals surface area (Å²) in [7, 11) is 1.65. The van der Waals surface area contributed by atoms with E-state index in [-0.39, 0.29) is 24.3 Å². The standard InChI is InChI=1S/C17H24F2N4O2/c1-3-16(24)23-8-6-13(11-23)22-17(20-2)21-7-9-25-15-5-4-12(18)10-14(15)19/h4-5,10,13H,3,6-9,11H2,1-2H3,(H2,20,21,22). The van der Waals surface area contributed by atoms with Crippen molar-refractivity contribution in [2.45, 2.75) is 25.8 Å². The van der Waals surface area contributed by atoms with Crippen LogP contribution < -0.4 is 15.4 Å². The highest BCUT2D eigenvalue weighted by Gasteiger charge is 2.25. The highest BCUT2D eigenvalue weighted by atomic mass is 19.1. The van der Waals surface area contributed by atoms with Crippen molar-refractivity contribution in [3.63, 3.8) is 0 Å². The summed E-state index contributed by atoms with van der Waals surface area (Å²) in [6.07, 6.45) is 1.38. The van der Waals surface area contributed by atoms with Crippen molar-refractivity contribution in [1.29, 1.82) is 0 Å². The first kappa shape index (κ1) is 19.0. The summed E-state index contributed by atoms with van der Waals surface area (Å²) in [5.74, 6) is -0.606. The van der Waals surface area contributed by atoms with E-state index in [1.165, 1.54) is 6.07 Å². The van der Waals surface area contributed by atoms with Gasteiger partial charge in [0.15, 0.2) is 17.5 Å². The van der Waals surface area contributed by atoms with Crippen molar-refractivity contribution in [2.75, 3.05) is 33.3 Å². The molecule has 1 saturated heterocycles. The molecule has 1 amide bonds. The zero-order valence-electron chi connectivity index (χ0n) is 14.5. The van der Waals surface area contributed by atoms with E-state index in [9.17, 15) is 13.6 Å². The predicted octanol–water partition coefficient (Wildman–Crippen LogP) is 1.52. The molecule has 0 saturated carbocycles. The maximum Gasteiger partial charge on any atom is 0.222 e. The zero-order chi connectivity index (χ0) is 18.2. The topological polar surface area (TPSA) is 66.0 Å². The molecule has 138 valence electrons. The van der Waals surface area contributed by atoms with Crippen molar-refractivity contribution in [3.05, 3.63) is 29.8 Å². The van der Waals surface area contributed by atoms with Gasteiger partial charge in [0.25, 0.3) is 0 Å². The number of amides is 1. The molecule has 6 nitrogen and oxygen atoms in total. The second-order valence-corrected chi connectivity index (χ2v) is 5.75. The van der Waals surface area contributed by atoms with Gasteiger partial charge in [-0.1, -0.05) is 6.92 Å². The smallest absolute Gasteiger partial charge is 0.222 e. The van der Waals surface area contributed by atoms with E-state index in [1.807, 2.05) is 11.8 Å². The Morgan fingerprint density at radius 1 is 1.44 bits per heavy atom. The zero-order valence-corrected chi connectivity index (χ0v) is 14.5. The molecule has 1 heterocycles. The fourth-order valence-corrected chi connectivity index (χ4v) is 2.64. The number of benzene rings is 1. The summed E-state index contributed by atoms with van der Waals surface area (Å²) in [4.78, 5) is 17.7. The second-order valence-electron chi connectivity index (χ2n) is 5.75. The van der Waals surface area contributed by atoms with Crippen LogP contribution in [0, 0.1) is 11.6 Å². The predicted molar refractivity (Wildman–Crippen MR) is 91.6 cm³/mol. The fourth-order valence-electron chi connectivity index (χ4n) is 2.64. The SMILES string of the molecule is CCC(=O)N1CCC(NC(=NC)NCCOc2ccc(F)cc2F)C1. The molecule has 2 rings (SSSR count). The number of likely N-dealkylation sites (tertiary alicyclic amines) is 1. The largest absolute Gasteiger partial charge is 0.489 e. The lowest BCUT2D eigenvalue weighted by molar-refractivity contribution is -0.129. The highest BCUT2D eigenvalue weighted by Crippen LogP contribution is 2.17. The second kappa shape index (κ2) is 9.19. The number of aliphatic imine (C=N–C) groups is 1. The van der Waals surface area contributed by atoms with Gasteiger partial charge in [-0.2, -0.15) is 0 Å². The minimum Gasteiger partial charge on any atom is -0.489 e. The summed E-state index contributed by atoms with van der Waals surface area (Å²) in [6.45, 7) is 3.86. The Hall–Kier alpha value is -2.38. The molecule has 1 aromatic rings. The van der Waals surface area contributed by atoms with Crippen LogP contribution >= 0.6 is 0 Å². The highest BCUT2D eigenvalue weighted by molar-refractivity contribution is 5.80. The third-order valence-corrected chi connectivity index (χ3v) is 3.95. The number of guanidine groups is 1. The van der Waals surface area contributed by atoms with E-state index in [2.05, 4.69) is 15.6 Å². The number of hydrogen-bond acceptors (Lipinski definition) is 3. The summed E-state index contributed by atoms with van der Waals surface area (Å²) < 4.78 is 31.6. The van der Waals surface area contributed by atoms with Crippen LogP contribution in [0.15, 0.2) is 23.2 Å². The molecule has 1 aliphatic heterocycles. The molecule has 0 spiro atoms. The molecule has 1 fully saturated rings. The van der Waals surface area contributed by atoms with Gasteiger partial charge in [0.1, 0.15) is 12.4 Å². The average Bonchev–Trinajstić information content (AvgIpc) is 3.07. The van der Waals surface area contributed by atoms with E-state index in [4.69, 9.17) is 4.74 Å². The van der Waals surface area contributed by atoms with Crippen LogP contribution in [0.5, 0.6) is 5.75 Å². The maximum absolute atomic E-state index is 13.5. The third-order valence-electron chi connectivity index (χ3n) is 3.95. The van der Waals surface area contributed by atoms with Crippen molar-refractivity contribution in [1.82, 2.24) is 15.5 Å². The van der Waals surface area contributed by atoms with Crippen LogP contribution in [0.25, 0.3) is 0 Å². The Bertz CT molecular complexity index is 625. The number of carbonyl (C=O) groups is 1. The van der Waals surface area contributed by atoms with Gasteiger partial charge in [0.2, 0.25) is 5.91 Å². The quantitative estimate of drug-likeness (QED) is 0.462. The Labute approximate surface area is 146 Å². The number of nitrogens with zero attached hydrogens (tertiary/aromatic N) is 2. The molecule has 8 heteroatoms. The van der Waals surface area contributed by atoms with E-state index in [1.54, 1.807) is 7.05 Å². The average molecular weight is 354 g/mol. The normalized spacial score (nSPS) is 17.5. The van der Waals surface area contributed by atoms with Crippen molar-refractivity contribution >= 4 is 11.9 Å². The number of hydrogen-bond donors (Lipinski definition) is 2. The van der Waals surface area contributed by atoms with E-state index < -0.39 is 11.6 Å². The third kappa shape index (κ3) is 5.58. The number of ether oxygens (including phenoxy) is 1. The summed E-state index contributed by atoms with van der Waals surface area (Å²) in [5, 5.41) is 6.33. The van der Waals surface area contributed by atoms with Crippen LogP contribution in [-0.4, -0.2) is 56.1 Å². The minimum absolute atomic E-state index is 0.00987. The van der Waals surface area contributed by atoms with Gasteiger partial charge in [0, 0.05) is 38.7 Å². The van der Waals surface area contributed by atoms with Crippen molar-refractivity contribution in [3.8, 4) is 5.75 Å². The Kier molecular flexibility index (Phi) is 6.97. The first-order valence-corrected chi connectivity index (χ1v) is 8.36. The van der Waals surface area contributed by atoms with Crippen LogP contribution in [-0.2, 0) is 4.79 Å². The van der Waals surface area contributed by atoms with Gasteiger partial charge in [0.05, 0.1) is 6.54 Å². The molecule has 0 bridgehead atoms. The van der Waals surface area contributed by atoms with Gasteiger partial charge in [-0.3, -0.25) is 9.79 Å². The monoisotopic (exact) mass is 354 g/mol. The molecule has 0 aromatic heterocycles. The van der Waals surface area contributed by atoms with Crippen LogP contribution in [0.4, 0.5) is 8.78 Å². The first-order valence-electron chi connectivity index (χ1n) is 8.36. The Balaban J connectivity index is 1.71. The van der Waals surface area contributed by atoms with E-state index in [0.29, 0.717) is 25.5 Å². The molecular weight excluding hydrogens is 330 g/mol. The van der Waals surface area contributed by atoms with Gasteiger partial charge in [-0.15, -0.1) is 0 Å². The molecule has 0 radical (unpaired) electrons. The summed E-state index contributed by atoms with van der Waals surface area (Å²) >= 11 is 0. The van der Waals surface area contributed by atoms with Crippen LogP contribution in [0.1, 0.15) is 19.8 Å². The molecule has 1 atom stereocenters. The van der Waals surface area contributed by atoms with Crippen molar-refractivity contribution in [2.24, 2.45) is 4.99 Å². The summed E-state index contributed by atoms with van der Waals surface area (Å²) in [5.41, 5.74) is 0. The molecule has 1 unspecified atom stereocenters. The van der Waals surface area contributed by atoms with Crippen molar-refractivity contribution < 1.29 is 18.3 Å². The first-order chi connectivity index (χ1) is 12.0. The lowest BCUT2D eigenvalue weighted by atomic mass is 10.3. The molecule has 2 N–H and O–H groups in total. The number of rotatable bonds is 6.